The van der Waals surface area contributed by atoms with Gasteiger partial charge >= 0.3 is 0 Å². The minimum atomic E-state index is 0.262. The predicted octanol–water partition coefficient (Wildman–Crippen LogP) is 0.361. The van der Waals surface area contributed by atoms with Crippen LogP contribution in [0.15, 0.2) is 12.4 Å². The van der Waals surface area contributed by atoms with Gasteiger partial charge in [0.2, 0.25) is 0 Å². The first kappa shape index (κ1) is 12.1. The first-order valence-corrected chi connectivity index (χ1v) is 5.98. The summed E-state index contributed by atoms with van der Waals surface area (Å²) in [5.74, 6) is 7.41. The molecule has 2 rings (SSSR count). The summed E-state index contributed by atoms with van der Waals surface area (Å²) in [6.07, 6.45) is 4.70. The fourth-order valence-electron chi connectivity index (χ4n) is 2.29. The molecule has 1 saturated heterocycles. The molecule has 1 fully saturated rings. The number of anilines is 2. The van der Waals surface area contributed by atoms with E-state index in [1.165, 1.54) is 12.7 Å². The Morgan fingerprint density at radius 1 is 1.53 bits per heavy atom. The number of rotatable bonds is 4. The van der Waals surface area contributed by atoms with Crippen molar-refractivity contribution in [1.82, 2.24) is 9.97 Å². The first-order valence-electron chi connectivity index (χ1n) is 5.98. The summed E-state index contributed by atoms with van der Waals surface area (Å²) >= 11 is 0. The molecule has 94 valence electrons. The highest BCUT2D eigenvalue weighted by Gasteiger charge is 2.20. The van der Waals surface area contributed by atoms with E-state index in [-0.39, 0.29) is 6.61 Å². The Morgan fingerprint density at radius 2 is 2.41 bits per heavy atom. The van der Waals surface area contributed by atoms with Gasteiger partial charge in [-0.1, -0.05) is 0 Å². The van der Waals surface area contributed by atoms with Crippen LogP contribution >= 0.6 is 0 Å². The van der Waals surface area contributed by atoms with Crippen LogP contribution in [0.4, 0.5) is 11.6 Å². The number of aliphatic hydroxyl groups excluding tert-OH is 1. The Labute approximate surface area is 101 Å². The van der Waals surface area contributed by atoms with Gasteiger partial charge in [0.05, 0.1) is 0 Å². The van der Waals surface area contributed by atoms with E-state index in [9.17, 15) is 0 Å². The number of piperidine rings is 1. The number of aromatic nitrogens is 2. The largest absolute Gasteiger partial charge is 0.396 e. The fourth-order valence-corrected chi connectivity index (χ4v) is 2.29. The van der Waals surface area contributed by atoms with Crippen LogP contribution in [0.5, 0.6) is 0 Å². The molecule has 0 spiro atoms. The molecule has 0 amide bonds. The van der Waals surface area contributed by atoms with Crippen LogP contribution in [-0.4, -0.2) is 34.8 Å². The molecule has 0 saturated carbocycles. The highest BCUT2D eigenvalue weighted by molar-refractivity contribution is 5.48. The van der Waals surface area contributed by atoms with E-state index in [4.69, 9.17) is 10.9 Å². The number of hydrogen-bond donors (Lipinski definition) is 3. The van der Waals surface area contributed by atoms with Crippen LogP contribution in [-0.2, 0) is 0 Å². The highest BCUT2D eigenvalue weighted by atomic mass is 16.3. The van der Waals surface area contributed by atoms with E-state index >= 15 is 0 Å². The Bertz CT molecular complexity index is 357. The zero-order valence-electron chi connectivity index (χ0n) is 9.84. The fraction of sp³-hybridized carbons (Fsp3) is 0.636. The van der Waals surface area contributed by atoms with Crippen molar-refractivity contribution < 1.29 is 5.11 Å². The molecule has 0 radical (unpaired) electrons. The Morgan fingerprint density at radius 3 is 3.18 bits per heavy atom. The summed E-state index contributed by atoms with van der Waals surface area (Å²) in [6.45, 7) is 2.21. The van der Waals surface area contributed by atoms with Gasteiger partial charge in [0, 0.05) is 25.8 Å². The number of hydrazine groups is 1. The quantitative estimate of drug-likeness (QED) is 0.518. The van der Waals surface area contributed by atoms with Crippen LogP contribution in [0, 0.1) is 5.92 Å². The third-order valence-corrected chi connectivity index (χ3v) is 3.18. The lowest BCUT2D eigenvalue weighted by molar-refractivity contribution is 0.244. The van der Waals surface area contributed by atoms with Crippen LogP contribution in [0.2, 0.25) is 0 Å². The standard InChI is InChI=1S/C11H19N5O/c12-15-10-6-11(14-8-13-10)16-4-1-2-9(7-16)3-5-17/h6,8-9,17H,1-5,7,12H2,(H,13,14,15). The maximum Gasteiger partial charge on any atom is 0.145 e. The third kappa shape index (κ3) is 3.04. The molecule has 1 atom stereocenters. The summed E-state index contributed by atoms with van der Waals surface area (Å²) in [4.78, 5) is 10.5. The zero-order valence-corrected chi connectivity index (χ0v) is 9.84. The van der Waals surface area contributed by atoms with Crippen molar-refractivity contribution in [3.8, 4) is 0 Å². The number of nitrogen functional groups attached to an aromatic ring is 1. The number of hydrogen-bond acceptors (Lipinski definition) is 6. The van der Waals surface area contributed by atoms with E-state index < -0.39 is 0 Å². The zero-order chi connectivity index (χ0) is 12.1. The molecule has 1 aromatic heterocycles. The summed E-state index contributed by atoms with van der Waals surface area (Å²) in [6, 6.07) is 1.85. The maximum atomic E-state index is 8.99. The molecule has 0 bridgehead atoms. The molecule has 1 aliphatic heterocycles. The number of aliphatic hydroxyl groups is 1. The van der Waals surface area contributed by atoms with Crippen molar-refractivity contribution in [1.29, 1.82) is 0 Å². The molecular weight excluding hydrogens is 218 g/mol. The maximum absolute atomic E-state index is 8.99. The van der Waals surface area contributed by atoms with Crippen LogP contribution in [0.25, 0.3) is 0 Å². The van der Waals surface area contributed by atoms with Crippen molar-refractivity contribution in [3.63, 3.8) is 0 Å². The van der Waals surface area contributed by atoms with E-state index in [0.29, 0.717) is 11.7 Å². The molecular formula is C11H19N5O. The van der Waals surface area contributed by atoms with Gasteiger partial charge in [-0.05, 0) is 25.2 Å². The molecule has 4 N–H and O–H groups in total. The normalized spacial score (nSPS) is 20.4. The van der Waals surface area contributed by atoms with Gasteiger partial charge in [0.25, 0.3) is 0 Å². The van der Waals surface area contributed by atoms with Crippen LogP contribution in [0.3, 0.4) is 0 Å². The monoisotopic (exact) mass is 237 g/mol. The molecule has 0 aliphatic carbocycles. The molecule has 2 heterocycles. The highest BCUT2D eigenvalue weighted by Crippen LogP contribution is 2.24. The van der Waals surface area contributed by atoms with E-state index in [0.717, 1.165) is 31.7 Å². The van der Waals surface area contributed by atoms with Gasteiger partial charge in [0.15, 0.2) is 0 Å². The lowest BCUT2D eigenvalue weighted by atomic mass is 9.95. The van der Waals surface area contributed by atoms with Crippen LogP contribution in [0.1, 0.15) is 19.3 Å². The minimum absolute atomic E-state index is 0.262. The minimum Gasteiger partial charge on any atom is -0.396 e. The molecule has 1 aliphatic rings. The molecule has 6 heteroatoms. The van der Waals surface area contributed by atoms with Crippen molar-refractivity contribution in [2.75, 3.05) is 30.0 Å². The lowest BCUT2D eigenvalue weighted by Gasteiger charge is -2.33. The molecule has 6 nitrogen and oxygen atoms in total. The summed E-state index contributed by atoms with van der Waals surface area (Å²) < 4.78 is 0. The number of nitrogens with zero attached hydrogens (tertiary/aromatic N) is 3. The smallest absolute Gasteiger partial charge is 0.145 e. The topological polar surface area (TPSA) is 87.3 Å². The Hall–Kier alpha value is -1.40. The van der Waals surface area contributed by atoms with E-state index in [1.807, 2.05) is 6.07 Å². The van der Waals surface area contributed by atoms with Crippen molar-refractivity contribution in [2.45, 2.75) is 19.3 Å². The molecule has 1 unspecified atom stereocenters. The summed E-state index contributed by atoms with van der Waals surface area (Å²) in [5.41, 5.74) is 2.53. The molecule has 1 aromatic rings. The summed E-state index contributed by atoms with van der Waals surface area (Å²) in [7, 11) is 0. The second-order valence-electron chi connectivity index (χ2n) is 4.37. The number of nitrogens with one attached hydrogen (secondary N) is 1. The first-order chi connectivity index (χ1) is 8.33. The van der Waals surface area contributed by atoms with Crippen molar-refractivity contribution >= 4 is 11.6 Å². The Balaban J connectivity index is 2.05. The van der Waals surface area contributed by atoms with Gasteiger partial charge < -0.3 is 15.4 Å². The second kappa shape index (κ2) is 5.79. The lowest BCUT2D eigenvalue weighted by Crippen LogP contribution is -2.36. The van der Waals surface area contributed by atoms with Gasteiger partial charge in [-0.3, -0.25) is 0 Å². The SMILES string of the molecule is NNc1cc(N2CCCC(CCO)C2)ncn1. The van der Waals surface area contributed by atoms with Crippen molar-refractivity contribution in [3.05, 3.63) is 12.4 Å². The second-order valence-corrected chi connectivity index (χ2v) is 4.37. The van der Waals surface area contributed by atoms with Crippen molar-refractivity contribution in [2.24, 2.45) is 11.8 Å². The summed E-state index contributed by atoms with van der Waals surface area (Å²) in [5, 5.41) is 8.99. The van der Waals surface area contributed by atoms with E-state index in [1.54, 1.807) is 0 Å². The number of nitrogens with two attached hydrogens (primary N) is 1. The van der Waals surface area contributed by atoms with Gasteiger partial charge in [-0.15, -0.1) is 0 Å². The molecule has 0 aromatic carbocycles. The van der Waals surface area contributed by atoms with E-state index in [2.05, 4.69) is 20.3 Å². The Kier molecular flexibility index (Phi) is 4.11. The molecule has 17 heavy (non-hydrogen) atoms. The van der Waals surface area contributed by atoms with Gasteiger partial charge in [0.1, 0.15) is 18.0 Å². The predicted molar refractivity (Wildman–Crippen MR) is 66.5 cm³/mol. The third-order valence-electron chi connectivity index (χ3n) is 3.18. The van der Waals surface area contributed by atoms with Crippen LogP contribution < -0.4 is 16.2 Å². The average Bonchev–Trinajstić information content (AvgIpc) is 2.40. The van der Waals surface area contributed by atoms with Gasteiger partial charge in [-0.2, -0.15) is 0 Å². The average molecular weight is 237 g/mol. The van der Waals surface area contributed by atoms with Gasteiger partial charge in [-0.25, -0.2) is 15.8 Å².